The van der Waals surface area contributed by atoms with Gasteiger partial charge in [0.1, 0.15) is 12.4 Å². The topological polar surface area (TPSA) is 36.9 Å². The van der Waals surface area contributed by atoms with Crippen molar-refractivity contribution in [2.24, 2.45) is 0 Å². The van der Waals surface area contributed by atoms with Crippen molar-refractivity contribution in [2.45, 2.75) is 20.8 Å². The Labute approximate surface area is 114 Å². The highest BCUT2D eigenvalue weighted by Crippen LogP contribution is 2.40. The number of rotatable bonds is 6. The summed E-state index contributed by atoms with van der Waals surface area (Å²) in [6.45, 7) is 6.72. The van der Waals surface area contributed by atoms with E-state index in [0.29, 0.717) is 29.6 Å². The number of hydrogen-bond donors (Lipinski definition) is 0. The minimum absolute atomic E-state index is 0.543. The molecule has 0 bridgehead atoms. The van der Waals surface area contributed by atoms with Gasteiger partial charge < -0.3 is 18.9 Å². The fourth-order valence-electron chi connectivity index (χ4n) is 1.48. The molecule has 0 fully saturated rings. The van der Waals surface area contributed by atoms with Crippen molar-refractivity contribution in [1.29, 1.82) is 0 Å². The molecule has 4 heteroatoms. The van der Waals surface area contributed by atoms with Crippen LogP contribution in [0.15, 0.2) is 23.3 Å². The Morgan fingerprint density at radius 1 is 0.895 bits per heavy atom. The second kappa shape index (κ2) is 6.92. The van der Waals surface area contributed by atoms with E-state index in [0.717, 1.165) is 0 Å². The molecule has 0 unspecified atom stereocenters. The average molecular weight is 266 g/mol. The fraction of sp³-hybridized carbons (Fsp3) is 0.467. The first-order valence-electron chi connectivity index (χ1n) is 6.09. The molecule has 1 rings (SSSR count). The van der Waals surface area contributed by atoms with Gasteiger partial charge in [-0.15, -0.1) is 0 Å². The first-order valence-corrected chi connectivity index (χ1v) is 6.09. The summed E-state index contributed by atoms with van der Waals surface area (Å²) in [5.74, 6) is 2.43. The van der Waals surface area contributed by atoms with Crippen LogP contribution in [0, 0.1) is 0 Å². The van der Waals surface area contributed by atoms with Gasteiger partial charge in [0.25, 0.3) is 0 Å². The van der Waals surface area contributed by atoms with E-state index in [1.165, 1.54) is 11.1 Å². The summed E-state index contributed by atoms with van der Waals surface area (Å²) in [4.78, 5) is 0. The molecule has 0 spiro atoms. The summed E-state index contributed by atoms with van der Waals surface area (Å²) in [5.41, 5.74) is 2.46. The van der Waals surface area contributed by atoms with Gasteiger partial charge in [-0.3, -0.25) is 0 Å². The summed E-state index contributed by atoms with van der Waals surface area (Å²) in [5, 5.41) is 0. The zero-order valence-corrected chi connectivity index (χ0v) is 12.5. The molecule has 0 N–H and O–H groups in total. The lowest BCUT2D eigenvalue weighted by atomic mass is 10.2. The van der Waals surface area contributed by atoms with Crippen molar-refractivity contribution in [3.8, 4) is 23.0 Å². The SMILES string of the molecule is COc1cc(OCC(C)=C(C)C)cc(OC)c1OC. The van der Waals surface area contributed by atoms with Gasteiger partial charge in [0.2, 0.25) is 5.75 Å². The molecular formula is C15H22O4. The van der Waals surface area contributed by atoms with Gasteiger partial charge in [0.15, 0.2) is 11.5 Å². The minimum Gasteiger partial charge on any atom is -0.493 e. The Bertz CT molecular complexity index is 434. The largest absolute Gasteiger partial charge is 0.493 e. The second-order valence-corrected chi connectivity index (χ2v) is 4.43. The third-order valence-corrected chi connectivity index (χ3v) is 2.95. The number of benzene rings is 1. The van der Waals surface area contributed by atoms with Crippen LogP contribution in [0.3, 0.4) is 0 Å². The Morgan fingerprint density at radius 3 is 1.79 bits per heavy atom. The Hall–Kier alpha value is -1.84. The molecule has 0 amide bonds. The predicted molar refractivity (Wildman–Crippen MR) is 75.6 cm³/mol. The zero-order valence-electron chi connectivity index (χ0n) is 12.5. The summed E-state index contributed by atoms with van der Waals surface area (Å²) in [6, 6.07) is 3.58. The van der Waals surface area contributed by atoms with E-state index in [4.69, 9.17) is 18.9 Å². The van der Waals surface area contributed by atoms with Crippen molar-refractivity contribution >= 4 is 0 Å². The van der Waals surface area contributed by atoms with E-state index in [2.05, 4.69) is 13.8 Å². The Balaban J connectivity index is 3.00. The summed E-state index contributed by atoms with van der Waals surface area (Å²) < 4.78 is 21.6. The zero-order chi connectivity index (χ0) is 14.4. The first kappa shape index (κ1) is 15.2. The van der Waals surface area contributed by atoms with Crippen molar-refractivity contribution in [3.05, 3.63) is 23.3 Å². The van der Waals surface area contributed by atoms with Crippen molar-refractivity contribution < 1.29 is 18.9 Å². The molecule has 19 heavy (non-hydrogen) atoms. The molecule has 0 heterocycles. The van der Waals surface area contributed by atoms with Crippen LogP contribution < -0.4 is 18.9 Å². The third-order valence-electron chi connectivity index (χ3n) is 2.95. The van der Waals surface area contributed by atoms with Crippen LogP contribution in [-0.4, -0.2) is 27.9 Å². The average Bonchev–Trinajstić information content (AvgIpc) is 2.42. The fourth-order valence-corrected chi connectivity index (χ4v) is 1.48. The van der Waals surface area contributed by atoms with Gasteiger partial charge in [-0.1, -0.05) is 5.57 Å². The molecule has 0 aliphatic rings. The highest BCUT2D eigenvalue weighted by Gasteiger charge is 2.13. The summed E-state index contributed by atoms with van der Waals surface area (Å²) >= 11 is 0. The quantitative estimate of drug-likeness (QED) is 0.739. The lowest BCUT2D eigenvalue weighted by molar-refractivity contribution is 0.311. The molecular weight excluding hydrogens is 244 g/mol. The number of allylic oxidation sites excluding steroid dienone is 1. The standard InChI is InChI=1S/C15H22O4/c1-10(2)11(3)9-19-12-7-13(16-4)15(18-6)14(8-12)17-5/h7-8H,9H2,1-6H3. The third kappa shape index (κ3) is 3.81. The van der Waals surface area contributed by atoms with E-state index >= 15 is 0 Å². The molecule has 0 aliphatic heterocycles. The molecule has 0 aliphatic carbocycles. The molecule has 4 nitrogen and oxygen atoms in total. The van der Waals surface area contributed by atoms with Crippen LogP contribution in [0.25, 0.3) is 0 Å². The van der Waals surface area contributed by atoms with Crippen molar-refractivity contribution in [3.63, 3.8) is 0 Å². The highest BCUT2D eigenvalue weighted by molar-refractivity contribution is 5.55. The van der Waals surface area contributed by atoms with E-state index in [1.807, 2.05) is 6.92 Å². The maximum atomic E-state index is 5.74. The van der Waals surface area contributed by atoms with Gasteiger partial charge in [-0.25, -0.2) is 0 Å². The molecule has 1 aromatic carbocycles. The first-order chi connectivity index (χ1) is 9.03. The molecule has 0 radical (unpaired) electrons. The maximum absolute atomic E-state index is 5.74. The van der Waals surface area contributed by atoms with Gasteiger partial charge >= 0.3 is 0 Å². The number of methoxy groups -OCH3 is 3. The van der Waals surface area contributed by atoms with Gasteiger partial charge in [-0.2, -0.15) is 0 Å². The lowest BCUT2D eigenvalue weighted by Gasteiger charge is -2.15. The van der Waals surface area contributed by atoms with Crippen LogP contribution in [-0.2, 0) is 0 Å². The molecule has 0 aromatic heterocycles. The number of hydrogen-bond acceptors (Lipinski definition) is 4. The van der Waals surface area contributed by atoms with Gasteiger partial charge in [0.05, 0.1) is 21.3 Å². The minimum atomic E-state index is 0.543. The maximum Gasteiger partial charge on any atom is 0.203 e. The molecule has 0 saturated heterocycles. The smallest absolute Gasteiger partial charge is 0.203 e. The summed E-state index contributed by atoms with van der Waals surface area (Å²) in [6.07, 6.45) is 0. The normalized spacial score (nSPS) is 9.79. The molecule has 0 saturated carbocycles. The van der Waals surface area contributed by atoms with E-state index in [-0.39, 0.29) is 0 Å². The lowest BCUT2D eigenvalue weighted by Crippen LogP contribution is -2.02. The van der Waals surface area contributed by atoms with Crippen LogP contribution in [0.1, 0.15) is 20.8 Å². The molecule has 1 aromatic rings. The monoisotopic (exact) mass is 266 g/mol. The summed E-state index contributed by atoms with van der Waals surface area (Å²) in [7, 11) is 4.75. The van der Waals surface area contributed by atoms with Crippen LogP contribution in [0.4, 0.5) is 0 Å². The Morgan fingerprint density at radius 2 is 1.42 bits per heavy atom. The van der Waals surface area contributed by atoms with Gasteiger partial charge in [-0.05, 0) is 26.3 Å². The van der Waals surface area contributed by atoms with E-state index < -0.39 is 0 Å². The van der Waals surface area contributed by atoms with Crippen LogP contribution in [0.5, 0.6) is 23.0 Å². The highest BCUT2D eigenvalue weighted by atomic mass is 16.5. The van der Waals surface area contributed by atoms with Gasteiger partial charge in [0, 0.05) is 12.1 Å². The van der Waals surface area contributed by atoms with E-state index in [1.54, 1.807) is 33.5 Å². The van der Waals surface area contributed by atoms with Crippen LogP contribution >= 0.6 is 0 Å². The Kier molecular flexibility index (Phi) is 5.55. The number of ether oxygens (including phenoxy) is 4. The van der Waals surface area contributed by atoms with Crippen molar-refractivity contribution in [1.82, 2.24) is 0 Å². The van der Waals surface area contributed by atoms with E-state index in [9.17, 15) is 0 Å². The van der Waals surface area contributed by atoms with Crippen LogP contribution in [0.2, 0.25) is 0 Å². The van der Waals surface area contributed by atoms with Crippen molar-refractivity contribution in [2.75, 3.05) is 27.9 Å². The predicted octanol–water partition coefficient (Wildman–Crippen LogP) is 3.45. The molecule has 0 atom stereocenters. The second-order valence-electron chi connectivity index (χ2n) is 4.43. The molecule has 106 valence electrons.